The summed E-state index contributed by atoms with van der Waals surface area (Å²) in [6.45, 7) is 6.98. The minimum Gasteiger partial charge on any atom is -0.355 e. The Morgan fingerprint density at radius 2 is 2.21 bits per heavy atom. The summed E-state index contributed by atoms with van der Waals surface area (Å²) >= 11 is 1.79. The molecule has 0 amide bonds. The van der Waals surface area contributed by atoms with E-state index < -0.39 is 0 Å². The van der Waals surface area contributed by atoms with Gasteiger partial charge in [-0.1, -0.05) is 13.0 Å². The number of nitrogens with one attached hydrogen (secondary N) is 1. The monoisotopic (exact) mass is 275 g/mol. The molecule has 0 unspecified atom stereocenters. The van der Waals surface area contributed by atoms with Crippen LogP contribution in [0.1, 0.15) is 23.1 Å². The van der Waals surface area contributed by atoms with Crippen molar-refractivity contribution in [3.05, 3.63) is 45.8 Å². The van der Waals surface area contributed by atoms with Crippen molar-refractivity contribution in [1.82, 2.24) is 10.3 Å². The summed E-state index contributed by atoms with van der Waals surface area (Å²) in [7, 11) is 2.10. The van der Waals surface area contributed by atoms with Crippen LogP contribution in [0.2, 0.25) is 0 Å². The second kappa shape index (κ2) is 6.68. The molecule has 0 bridgehead atoms. The Morgan fingerprint density at radius 3 is 2.89 bits per heavy atom. The van der Waals surface area contributed by atoms with Crippen LogP contribution in [0.15, 0.2) is 29.6 Å². The molecule has 2 aromatic rings. The van der Waals surface area contributed by atoms with Crippen molar-refractivity contribution in [2.75, 3.05) is 18.5 Å². The molecule has 19 heavy (non-hydrogen) atoms. The predicted octanol–water partition coefficient (Wildman–Crippen LogP) is 3.20. The minimum absolute atomic E-state index is 0.902. The number of hydrogen-bond donors (Lipinski definition) is 1. The Labute approximate surface area is 119 Å². The zero-order valence-corrected chi connectivity index (χ0v) is 12.6. The SMILES string of the molecule is CCNCc1cc(C)nc(N(C)Cc2cccs2)c1. The quantitative estimate of drug-likeness (QED) is 0.877. The largest absolute Gasteiger partial charge is 0.355 e. The van der Waals surface area contributed by atoms with Crippen LogP contribution in [0, 0.1) is 6.92 Å². The van der Waals surface area contributed by atoms with E-state index in [1.54, 1.807) is 11.3 Å². The Morgan fingerprint density at radius 1 is 1.37 bits per heavy atom. The van der Waals surface area contributed by atoms with Crippen LogP contribution >= 0.6 is 11.3 Å². The standard InChI is InChI=1S/C15H21N3S/c1-4-16-10-13-8-12(2)17-15(9-13)18(3)11-14-6-5-7-19-14/h5-9,16H,4,10-11H2,1-3H3. The first kappa shape index (κ1) is 14.0. The lowest BCUT2D eigenvalue weighted by Crippen LogP contribution is -2.18. The molecule has 0 spiro atoms. The maximum absolute atomic E-state index is 4.63. The van der Waals surface area contributed by atoms with Gasteiger partial charge in [0.25, 0.3) is 0 Å². The van der Waals surface area contributed by atoms with Crippen molar-refractivity contribution in [1.29, 1.82) is 0 Å². The highest BCUT2D eigenvalue weighted by Gasteiger charge is 2.06. The van der Waals surface area contributed by atoms with Gasteiger partial charge in [-0.15, -0.1) is 11.3 Å². The van der Waals surface area contributed by atoms with E-state index in [0.29, 0.717) is 0 Å². The average molecular weight is 275 g/mol. The maximum Gasteiger partial charge on any atom is 0.129 e. The number of nitrogens with zero attached hydrogens (tertiary/aromatic N) is 2. The van der Waals surface area contributed by atoms with Gasteiger partial charge < -0.3 is 10.2 Å². The van der Waals surface area contributed by atoms with Gasteiger partial charge in [-0.2, -0.15) is 0 Å². The molecule has 0 radical (unpaired) electrons. The zero-order valence-electron chi connectivity index (χ0n) is 11.8. The van der Waals surface area contributed by atoms with Gasteiger partial charge in [0, 0.05) is 24.2 Å². The summed E-state index contributed by atoms with van der Waals surface area (Å²) < 4.78 is 0. The summed E-state index contributed by atoms with van der Waals surface area (Å²) in [5.74, 6) is 1.04. The van der Waals surface area contributed by atoms with E-state index in [1.165, 1.54) is 10.4 Å². The number of anilines is 1. The highest BCUT2D eigenvalue weighted by molar-refractivity contribution is 7.09. The van der Waals surface area contributed by atoms with Crippen LogP contribution < -0.4 is 10.2 Å². The number of thiophene rings is 1. The molecule has 2 heterocycles. The summed E-state index contributed by atoms with van der Waals surface area (Å²) in [6.07, 6.45) is 0. The lowest BCUT2D eigenvalue weighted by Gasteiger charge is -2.19. The summed E-state index contributed by atoms with van der Waals surface area (Å²) in [5.41, 5.74) is 2.37. The molecule has 1 N–H and O–H groups in total. The summed E-state index contributed by atoms with van der Waals surface area (Å²) in [5, 5.41) is 5.47. The molecule has 102 valence electrons. The molecule has 2 aromatic heterocycles. The number of hydrogen-bond acceptors (Lipinski definition) is 4. The fourth-order valence-electron chi connectivity index (χ4n) is 2.01. The third-order valence-corrected chi connectivity index (χ3v) is 3.80. The highest BCUT2D eigenvalue weighted by atomic mass is 32.1. The number of rotatable bonds is 6. The third kappa shape index (κ3) is 4.04. The molecule has 0 saturated heterocycles. The Bertz CT molecular complexity index is 508. The predicted molar refractivity (Wildman–Crippen MR) is 82.8 cm³/mol. The van der Waals surface area contributed by atoms with Gasteiger partial charge in [-0.05, 0) is 42.6 Å². The molecule has 0 aromatic carbocycles. The normalized spacial score (nSPS) is 10.7. The molecule has 3 nitrogen and oxygen atoms in total. The minimum atomic E-state index is 0.902. The molecular weight excluding hydrogens is 254 g/mol. The Balaban J connectivity index is 2.11. The second-order valence-corrected chi connectivity index (χ2v) is 5.72. The first-order valence-electron chi connectivity index (χ1n) is 6.61. The number of pyridine rings is 1. The summed E-state index contributed by atoms with van der Waals surface area (Å²) in [4.78, 5) is 8.19. The molecule has 2 rings (SSSR count). The first-order valence-corrected chi connectivity index (χ1v) is 7.49. The summed E-state index contributed by atoms with van der Waals surface area (Å²) in [6, 6.07) is 8.57. The van der Waals surface area contributed by atoms with Crippen LogP contribution in [0.5, 0.6) is 0 Å². The highest BCUT2D eigenvalue weighted by Crippen LogP contribution is 2.18. The van der Waals surface area contributed by atoms with Crippen molar-refractivity contribution in [2.24, 2.45) is 0 Å². The van der Waals surface area contributed by atoms with E-state index in [-0.39, 0.29) is 0 Å². The van der Waals surface area contributed by atoms with Crippen molar-refractivity contribution in [2.45, 2.75) is 26.9 Å². The van der Waals surface area contributed by atoms with E-state index in [9.17, 15) is 0 Å². The lowest BCUT2D eigenvalue weighted by atomic mass is 10.2. The van der Waals surface area contributed by atoms with Crippen LogP contribution in [0.3, 0.4) is 0 Å². The van der Waals surface area contributed by atoms with Crippen molar-refractivity contribution in [3.63, 3.8) is 0 Å². The Kier molecular flexibility index (Phi) is 4.93. The van der Waals surface area contributed by atoms with Gasteiger partial charge in [0.2, 0.25) is 0 Å². The molecule has 0 aliphatic heterocycles. The van der Waals surface area contributed by atoms with Crippen molar-refractivity contribution >= 4 is 17.2 Å². The number of aryl methyl sites for hydroxylation is 1. The van der Waals surface area contributed by atoms with Crippen LogP contribution in [-0.2, 0) is 13.1 Å². The molecule has 4 heteroatoms. The van der Waals surface area contributed by atoms with Crippen LogP contribution in [0.25, 0.3) is 0 Å². The fourth-order valence-corrected chi connectivity index (χ4v) is 2.76. The van der Waals surface area contributed by atoms with Gasteiger partial charge in [-0.3, -0.25) is 0 Å². The van der Waals surface area contributed by atoms with Crippen LogP contribution in [-0.4, -0.2) is 18.6 Å². The van der Waals surface area contributed by atoms with E-state index in [1.807, 2.05) is 0 Å². The van der Waals surface area contributed by atoms with E-state index in [0.717, 1.165) is 31.1 Å². The first-order chi connectivity index (χ1) is 9.19. The van der Waals surface area contributed by atoms with Gasteiger partial charge in [0.05, 0.1) is 6.54 Å². The van der Waals surface area contributed by atoms with Gasteiger partial charge >= 0.3 is 0 Å². The number of aromatic nitrogens is 1. The maximum atomic E-state index is 4.63. The molecular formula is C15H21N3S. The molecule has 0 fully saturated rings. The van der Waals surface area contributed by atoms with E-state index >= 15 is 0 Å². The second-order valence-electron chi connectivity index (χ2n) is 4.69. The average Bonchev–Trinajstić information content (AvgIpc) is 2.88. The molecule has 0 atom stereocenters. The smallest absolute Gasteiger partial charge is 0.129 e. The Hall–Kier alpha value is -1.39. The van der Waals surface area contributed by atoms with E-state index in [2.05, 4.69) is 65.7 Å². The fraction of sp³-hybridized carbons (Fsp3) is 0.400. The molecule has 0 aliphatic rings. The zero-order chi connectivity index (χ0) is 13.7. The van der Waals surface area contributed by atoms with Crippen molar-refractivity contribution < 1.29 is 0 Å². The van der Waals surface area contributed by atoms with Gasteiger partial charge in [-0.25, -0.2) is 4.98 Å². The van der Waals surface area contributed by atoms with E-state index in [4.69, 9.17) is 0 Å². The van der Waals surface area contributed by atoms with Crippen molar-refractivity contribution in [3.8, 4) is 0 Å². The molecule has 0 saturated carbocycles. The van der Waals surface area contributed by atoms with Crippen LogP contribution in [0.4, 0.5) is 5.82 Å². The lowest BCUT2D eigenvalue weighted by molar-refractivity contribution is 0.724. The topological polar surface area (TPSA) is 28.2 Å². The van der Waals surface area contributed by atoms with Gasteiger partial charge in [0.15, 0.2) is 0 Å². The third-order valence-electron chi connectivity index (χ3n) is 2.94. The van der Waals surface area contributed by atoms with Gasteiger partial charge in [0.1, 0.15) is 5.82 Å². The molecule has 0 aliphatic carbocycles.